The summed E-state index contributed by atoms with van der Waals surface area (Å²) < 4.78 is 0. The van der Waals surface area contributed by atoms with Gasteiger partial charge in [0.25, 0.3) is 5.91 Å². The van der Waals surface area contributed by atoms with Crippen molar-refractivity contribution in [2.75, 3.05) is 0 Å². The monoisotopic (exact) mass is 156 g/mol. The van der Waals surface area contributed by atoms with Crippen LogP contribution in [0.4, 0.5) is 0 Å². The van der Waals surface area contributed by atoms with E-state index in [0.717, 1.165) is 12.1 Å². The highest BCUT2D eigenvalue weighted by Gasteiger charge is 2.34. The Bertz CT molecular complexity index is 208. The lowest BCUT2D eigenvalue weighted by atomic mass is 9.96. The Balaban J connectivity index is 2.77. The van der Waals surface area contributed by atoms with E-state index in [1.807, 2.05) is 6.92 Å². The molecule has 1 amide bonds. The third-order valence-corrected chi connectivity index (χ3v) is 1.76. The summed E-state index contributed by atoms with van der Waals surface area (Å²) in [6.07, 6.45) is 1.10. The number of nitrogens with one attached hydrogen (secondary N) is 1. The first-order valence-electron chi connectivity index (χ1n) is 3.64. The Kier molecular flexibility index (Phi) is 1.95. The van der Waals surface area contributed by atoms with Gasteiger partial charge in [-0.15, -0.1) is 0 Å². The number of nitrogens with zero attached hydrogens (tertiary/aromatic N) is 1. The summed E-state index contributed by atoms with van der Waals surface area (Å²) in [5, 5.41) is 13.2. The predicted octanol–water partition coefficient (Wildman–Crippen LogP) is 0.0233. The SMILES string of the molecule is CCC1=NNC(=O)C(C)(O)C1. The maximum atomic E-state index is 10.9. The Hall–Kier alpha value is -0.900. The Morgan fingerprint density at radius 3 is 2.91 bits per heavy atom. The summed E-state index contributed by atoms with van der Waals surface area (Å²) in [6, 6.07) is 0. The standard InChI is InChI=1S/C7H12N2O2/c1-3-5-4-7(2,11)6(10)9-8-5/h11H,3-4H2,1-2H3,(H,9,10). The van der Waals surface area contributed by atoms with Gasteiger partial charge in [0, 0.05) is 12.1 Å². The fraction of sp³-hybridized carbons (Fsp3) is 0.714. The largest absolute Gasteiger partial charge is 0.380 e. The van der Waals surface area contributed by atoms with Crippen LogP contribution in [-0.2, 0) is 4.79 Å². The van der Waals surface area contributed by atoms with E-state index in [-0.39, 0.29) is 0 Å². The van der Waals surface area contributed by atoms with E-state index in [1.54, 1.807) is 0 Å². The van der Waals surface area contributed by atoms with Gasteiger partial charge in [0.2, 0.25) is 0 Å². The van der Waals surface area contributed by atoms with Crippen molar-refractivity contribution in [1.29, 1.82) is 0 Å². The van der Waals surface area contributed by atoms with E-state index >= 15 is 0 Å². The summed E-state index contributed by atoms with van der Waals surface area (Å²) in [7, 11) is 0. The van der Waals surface area contributed by atoms with Crippen molar-refractivity contribution >= 4 is 11.6 Å². The molecule has 1 aliphatic heterocycles. The van der Waals surface area contributed by atoms with Crippen LogP contribution in [0.5, 0.6) is 0 Å². The maximum Gasteiger partial charge on any atom is 0.272 e. The average molecular weight is 156 g/mol. The van der Waals surface area contributed by atoms with Crippen molar-refractivity contribution in [2.24, 2.45) is 5.10 Å². The fourth-order valence-electron chi connectivity index (χ4n) is 0.971. The molecule has 0 aromatic heterocycles. The lowest BCUT2D eigenvalue weighted by Crippen LogP contribution is -2.47. The molecule has 1 heterocycles. The number of hydrogen-bond acceptors (Lipinski definition) is 3. The maximum absolute atomic E-state index is 10.9. The van der Waals surface area contributed by atoms with Crippen LogP contribution in [-0.4, -0.2) is 22.3 Å². The number of hydrogen-bond donors (Lipinski definition) is 2. The van der Waals surface area contributed by atoms with Gasteiger partial charge >= 0.3 is 0 Å². The highest BCUT2D eigenvalue weighted by molar-refractivity contribution is 5.97. The molecular weight excluding hydrogens is 144 g/mol. The number of rotatable bonds is 1. The number of carbonyl (C=O) groups excluding carboxylic acids is 1. The van der Waals surface area contributed by atoms with Crippen LogP contribution in [0.2, 0.25) is 0 Å². The highest BCUT2D eigenvalue weighted by atomic mass is 16.3. The lowest BCUT2D eigenvalue weighted by molar-refractivity contribution is -0.138. The molecule has 0 spiro atoms. The van der Waals surface area contributed by atoms with Crippen molar-refractivity contribution in [1.82, 2.24) is 5.43 Å². The molecule has 11 heavy (non-hydrogen) atoms. The van der Waals surface area contributed by atoms with Crippen molar-refractivity contribution < 1.29 is 9.90 Å². The second kappa shape index (κ2) is 2.62. The van der Waals surface area contributed by atoms with Crippen molar-refractivity contribution in [2.45, 2.75) is 32.3 Å². The molecule has 0 fully saturated rings. The van der Waals surface area contributed by atoms with E-state index in [2.05, 4.69) is 10.5 Å². The third kappa shape index (κ3) is 1.57. The van der Waals surface area contributed by atoms with E-state index in [0.29, 0.717) is 6.42 Å². The molecule has 0 radical (unpaired) electrons. The molecule has 1 unspecified atom stereocenters. The molecule has 1 rings (SSSR count). The molecule has 0 bridgehead atoms. The first kappa shape index (κ1) is 8.20. The topological polar surface area (TPSA) is 61.7 Å². The van der Waals surface area contributed by atoms with Gasteiger partial charge in [0.1, 0.15) is 5.60 Å². The van der Waals surface area contributed by atoms with Crippen LogP contribution < -0.4 is 5.43 Å². The Labute approximate surface area is 65.3 Å². The summed E-state index contributed by atoms with van der Waals surface area (Å²) in [5.41, 5.74) is 1.83. The second-order valence-corrected chi connectivity index (χ2v) is 2.92. The van der Waals surface area contributed by atoms with Crippen LogP contribution in [0.15, 0.2) is 5.10 Å². The van der Waals surface area contributed by atoms with Gasteiger partial charge in [0.05, 0.1) is 0 Å². The average Bonchev–Trinajstić information content (AvgIpc) is 1.95. The molecule has 4 nitrogen and oxygen atoms in total. The lowest BCUT2D eigenvalue weighted by Gasteiger charge is -2.25. The highest BCUT2D eigenvalue weighted by Crippen LogP contribution is 2.15. The van der Waals surface area contributed by atoms with E-state index < -0.39 is 11.5 Å². The Morgan fingerprint density at radius 2 is 2.45 bits per heavy atom. The zero-order chi connectivity index (χ0) is 8.48. The zero-order valence-corrected chi connectivity index (χ0v) is 6.72. The molecule has 1 aliphatic rings. The van der Waals surface area contributed by atoms with Crippen molar-refractivity contribution in [3.8, 4) is 0 Å². The van der Waals surface area contributed by atoms with Crippen molar-refractivity contribution in [3.63, 3.8) is 0 Å². The van der Waals surface area contributed by atoms with Gasteiger partial charge in [-0.1, -0.05) is 6.92 Å². The van der Waals surface area contributed by atoms with Gasteiger partial charge < -0.3 is 5.11 Å². The van der Waals surface area contributed by atoms with Crippen molar-refractivity contribution in [3.05, 3.63) is 0 Å². The van der Waals surface area contributed by atoms with E-state index in [1.165, 1.54) is 6.92 Å². The molecule has 0 aliphatic carbocycles. The Morgan fingerprint density at radius 1 is 1.82 bits per heavy atom. The van der Waals surface area contributed by atoms with Crippen LogP contribution in [0.1, 0.15) is 26.7 Å². The van der Waals surface area contributed by atoms with Gasteiger partial charge in [-0.25, -0.2) is 5.43 Å². The molecular formula is C7H12N2O2. The summed E-state index contributed by atoms with van der Waals surface area (Å²) in [6.45, 7) is 3.43. The first-order chi connectivity index (χ1) is 5.06. The summed E-state index contributed by atoms with van der Waals surface area (Å²) in [4.78, 5) is 10.9. The van der Waals surface area contributed by atoms with E-state index in [9.17, 15) is 9.90 Å². The summed E-state index contributed by atoms with van der Waals surface area (Å²) in [5.74, 6) is -0.422. The van der Waals surface area contributed by atoms with Crippen LogP contribution in [0, 0.1) is 0 Å². The molecule has 0 saturated heterocycles. The molecule has 2 N–H and O–H groups in total. The predicted molar refractivity (Wildman–Crippen MR) is 41.1 cm³/mol. The van der Waals surface area contributed by atoms with Crippen LogP contribution in [0.3, 0.4) is 0 Å². The molecule has 0 aromatic carbocycles. The normalized spacial score (nSPS) is 31.2. The summed E-state index contributed by atoms with van der Waals surface area (Å²) >= 11 is 0. The second-order valence-electron chi connectivity index (χ2n) is 2.92. The molecule has 1 atom stereocenters. The number of amides is 1. The first-order valence-corrected chi connectivity index (χ1v) is 3.64. The van der Waals surface area contributed by atoms with Crippen LogP contribution >= 0.6 is 0 Å². The quantitative estimate of drug-likeness (QED) is 0.562. The van der Waals surface area contributed by atoms with Gasteiger partial charge in [-0.3, -0.25) is 4.79 Å². The number of carbonyl (C=O) groups is 1. The van der Waals surface area contributed by atoms with Gasteiger partial charge in [0.15, 0.2) is 0 Å². The third-order valence-electron chi connectivity index (χ3n) is 1.76. The molecule has 0 aromatic rings. The fourth-order valence-corrected chi connectivity index (χ4v) is 0.971. The minimum atomic E-state index is -1.27. The number of hydrazone groups is 1. The molecule has 0 saturated carbocycles. The molecule has 4 heteroatoms. The smallest absolute Gasteiger partial charge is 0.272 e. The van der Waals surface area contributed by atoms with Gasteiger partial charge in [-0.05, 0) is 13.3 Å². The van der Waals surface area contributed by atoms with Crippen LogP contribution in [0.25, 0.3) is 0 Å². The minimum absolute atomic E-state index is 0.343. The minimum Gasteiger partial charge on any atom is -0.380 e. The van der Waals surface area contributed by atoms with Gasteiger partial charge in [-0.2, -0.15) is 5.10 Å². The number of aliphatic hydroxyl groups is 1. The zero-order valence-electron chi connectivity index (χ0n) is 6.72. The molecule has 62 valence electrons. The van der Waals surface area contributed by atoms with E-state index in [4.69, 9.17) is 0 Å².